The fourth-order valence-corrected chi connectivity index (χ4v) is 4.11. The Bertz CT molecular complexity index is 1290. The van der Waals surface area contributed by atoms with Crippen LogP contribution in [0.25, 0.3) is 22.5 Å². The van der Waals surface area contributed by atoms with Gasteiger partial charge in [-0.05, 0) is 39.8 Å². The van der Waals surface area contributed by atoms with Gasteiger partial charge in [0.2, 0.25) is 0 Å². The van der Waals surface area contributed by atoms with E-state index in [2.05, 4.69) is 20.6 Å². The van der Waals surface area contributed by atoms with Gasteiger partial charge < -0.3 is 0 Å². The van der Waals surface area contributed by atoms with Crippen LogP contribution in [0.2, 0.25) is 0 Å². The second kappa shape index (κ2) is 9.13. The van der Waals surface area contributed by atoms with Gasteiger partial charge in [-0.3, -0.25) is 13.9 Å². The van der Waals surface area contributed by atoms with Crippen molar-refractivity contribution in [2.24, 2.45) is 0 Å². The first-order valence-corrected chi connectivity index (χ1v) is 11.2. The number of aromatic amines is 1. The minimum Gasteiger partial charge on any atom is -0.283 e. The number of H-pyrrole nitrogens is 1. The highest BCUT2D eigenvalue weighted by molar-refractivity contribution is 7.98. The van der Waals surface area contributed by atoms with Crippen molar-refractivity contribution in [2.75, 3.05) is 6.26 Å². The predicted octanol–water partition coefficient (Wildman–Crippen LogP) is 3.04. The van der Waals surface area contributed by atoms with Crippen molar-refractivity contribution >= 4 is 11.8 Å². The Morgan fingerprint density at radius 3 is 2.39 bits per heavy atom. The van der Waals surface area contributed by atoms with Crippen molar-refractivity contribution in [1.29, 1.82) is 0 Å². The van der Waals surface area contributed by atoms with Crippen molar-refractivity contribution in [1.82, 2.24) is 29.8 Å². The van der Waals surface area contributed by atoms with Crippen LogP contribution in [0.4, 0.5) is 0 Å². The number of nitrogens with zero attached hydrogens (tertiary/aromatic N) is 5. The van der Waals surface area contributed by atoms with E-state index in [1.54, 1.807) is 4.57 Å². The third kappa shape index (κ3) is 4.22. The average Bonchev–Trinajstić information content (AvgIpc) is 3.34. The van der Waals surface area contributed by atoms with Gasteiger partial charge in [0.05, 0.1) is 11.6 Å². The summed E-state index contributed by atoms with van der Waals surface area (Å²) in [5.74, 6) is 0.606. The maximum atomic E-state index is 12.9. The number of aromatic nitrogens is 6. The molecule has 4 rings (SSSR count). The first kappa shape index (κ1) is 20.8. The zero-order chi connectivity index (χ0) is 21.8. The Labute approximate surface area is 183 Å². The van der Waals surface area contributed by atoms with E-state index in [-0.39, 0.29) is 11.2 Å². The lowest BCUT2D eigenvalue weighted by Gasteiger charge is -2.14. The molecule has 0 spiro atoms. The minimum absolute atomic E-state index is 0.249. The van der Waals surface area contributed by atoms with Gasteiger partial charge in [-0.1, -0.05) is 55.5 Å². The van der Waals surface area contributed by atoms with E-state index < -0.39 is 0 Å². The molecule has 1 N–H and O–H groups in total. The molecule has 4 aromatic rings. The minimum atomic E-state index is -0.272. The van der Waals surface area contributed by atoms with Gasteiger partial charge in [-0.2, -0.15) is 0 Å². The molecule has 0 aliphatic carbocycles. The highest BCUT2D eigenvalue weighted by atomic mass is 32.2. The Balaban J connectivity index is 1.68. The third-order valence-corrected chi connectivity index (χ3v) is 5.79. The molecule has 0 fully saturated rings. The first-order chi connectivity index (χ1) is 15.1. The van der Waals surface area contributed by atoms with Crippen LogP contribution in [0.3, 0.4) is 0 Å². The molecule has 0 bridgehead atoms. The van der Waals surface area contributed by atoms with E-state index in [0.717, 1.165) is 28.7 Å². The summed E-state index contributed by atoms with van der Waals surface area (Å²) in [5.41, 5.74) is 3.39. The lowest BCUT2D eigenvalue weighted by atomic mass is 9.98. The summed E-state index contributed by atoms with van der Waals surface area (Å²) in [6, 6.07) is 17.5. The summed E-state index contributed by atoms with van der Waals surface area (Å²) >= 11 is 1.40. The summed E-state index contributed by atoms with van der Waals surface area (Å²) < 4.78 is 2.96. The van der Waals surface area contributed by atoms with Gasteiger partial charge in [-0.25, -0.2) is 9.89 Å². The molecule has 0 unspecified atom stereocenters. The molecule has 2 aromatic heterocycles. The maximum Gasteiger partial charge on any atom is 0.332 e. The van der Waals surface area contributed by atoms with Crippen LogP contribution < -0.4 is 11.2 Å². The quantitative estimate of drug-likeness (QED) is 0.355. The number of hydrogen-bond donors (Lipinski definition) is 1. The predicted molar refractivity (Wildman–Crippen MR) is 121 cm³/mol. The van der Waals surface area contributed by atoms with Crippen LogP contribution in [-0.2, 0) is 13.1 Å². The Kier molecular flexibility index (Phi) is 6.13. The maximum absolute atomic E-state index is 12.9. The lowest BCUT2D eigenvalue weighted by Crippen LogP contribution is -2.40. The number of nitrogens with one attached hydrogen (secondary N) is 1. The van der Waals surface area contributed by atoms with E-state index in [1.807, 2.05) is 61.7 Å². The van der Waals surface area contributed by atoms with Gasteiger partial charge >= 0.3 is 5.69 Å². The van der Waals surface area contributed by atoms with Crippen LogP contribution >= 0.6 is 11.8 Å². The number of rotatable bonds is 7. The summed E-state index contributed by atoms with van der Waals surface area (Å²) in [6.07, 6.45) is 2.59. The molecule has 0 aliphatic rings. The van der Waals surface area contributed by atoms with Gasteiger partial charge in [0.25, 0.3) is 5.56 Å². The molecule has 0 radical (unpaired) electrons. The number of thioether (sulfide) groups is 1. The molecule has 0 amide bonds. The molecule has 9 heteroatoms. The third-order valence-electron chi connectivity index (χ3n) is 5.03. The molecule has 158 valence electrons. The SMILES string of the molecule is CCCn1c(=O)cc(SC)n(Cc2ccc(-c3ccccc3-c3nnn[nH]3)cc2)c1=O. The molecule has 0 saturated carbocycles. The van der Waals surface area contributed by atoms with E-state index in [1.165, 1.54) is 22.4 Å². The fraction of sp³-hybridized carbons (Fsp3) is 0.227. The number of benzene rings is 2. The number of hydrogen-bond acceptors (Lipinski definition) is 6. The molecule has 8 nitrogen and oxygen atoms in total. The van der Waals surface area contributed by atoms with Crippen molar-refractivity contribution in [3.8, 4) is 22.5 Å². The van der Waals surface area contributed by atoms with Crippen LogP contribution in [0.5, 0.6) is 0 Å². The van der Waals surface area contributed by atoms with Crippen LogP contribution in [-0.4, -0.2) is 36.0 Å². The Morgan fingerprint density at radius 1 is 1.00 bits per heavy atom. The summed E-state index contributed by atoms with van der Waals surface area (Å²) in [4.78, 5) is 25.2. The zero-order valence-electron chi connectivity index (χ0n) is 17.3. The standard InChI is InChI=1S/C22H22N6O2S/c1-3-12-27-19(29)13-20(31-2)28(22(27)30)14-15-8-10-16(11-9-15)17-6-4-5-7-18(17)21-23-25-26-24-21/h4-11,13H,3,12,14H2,1-2H3,(H,23,24,25,26). The second-order valence-corrected chi connectivity index (χ2v) is 7.86. The Morgan fingerprint density at radius 2 is 1.74 bits per heavy atom. The van der Waals surface area contributed by atoms with Crippen molar-refractivity contribution in [3.63, 3.8) is 0 Å². The highest BCUT2D eigenvalue weighted by Gasteiger charge is 2.13. The van der Waals surface area contributed by atoms with Crippen molar-refractivity contribution in [2.45, 2.75) is 31.5 Å². The van der Waals surface area contributed by atoms with Crippen LogP contribution in [0, 0.1) is 0 Å². The van der Waals surface area contributed by atoms with Gasteiger partial charge in [0.15, 0.2) is 5.82 Å². The second-order valence-electron chi connectivity index (χ2n) is 7.04. The highest BCUT2D eigenvalue weighted by Crippen LogP contribution is 2.29. The molecule has 0 aliphatic heterocycles. The molecule has 31 heavy (non-hydrogen) atoms. The lowest BCUT2D eigenvalue weighted by molar-refractivity contribution is 0.537. The molecular weight excluding hydrogens is 412 g/mol. The molecule has 0 atom stereocenters. The van der Waals surface area contributed by atoms with Crippen molar-refractivity contribution in [3.05, 3.63) is 81.0 Å². The monoisotopic (exact) mass is 434 g/mol. The van der Waals surface area contributed by atoms with E-state index in [0.29, 0.717) is 23.9 Å². The van der Waals surface area contributed by atoms with Crippen LogP contribution in [0.15, 0.2) is 69.2 Å². The molecule has 2 aromatic carbocycles. The van der Waals surface area contributed by atoms with Gasteiger partial charge in [0.1, 0.15) is 0 Å². The number of tetrazole rings is 1. The van der Waals surface area contributed by atoms with E-state index >= 15 is 0 Å². The van der Waals surface area contributed by atoms with Gasteiger partial charge in [0, 0.05) is 18.2 Å². The Hall–Kier alpha value is -3.46. The molecule has 2 heterocycles. The van der Waals surface area contributed by atoms with E-state index in [4.69, 9.17) is 0 Å². The van der Waals surface area contributed by atoms with Crippen molar-refractivity contribution < 1.29 is 0 Å². The largest absolute Gasteiger partial charge is 0.332 e. The normalized spacial score (nSPS) is 11.0. The summed E-state index contributed by atoms with van der Waals surface area (Å²) in [5, 5.41) is 14.8. The zero-order valence-corrected chi connectivity index (χ0v) is 18.1. The van der Waals surface area contributed by atoms with Crippen LogP contribution in [0.1, 0.15) is 18.9 Å². The average molecular weight is 435 g/mol. The fourth-order valence-electron chi connectivity index (χ4n) is 3.53. The topological polar surface area (TPSA) is 98.5 Å². The summed E-state index contributed by atoms with van der Waals surface area (Å²) in [7, 11) is 0. The smallest absolute Gasteiger partial charge is 0.283 e. The molecular formula is C22H22N6O2S. The van der Waals surface area contributed by atoms with Gasteiger partial charge in [-0.15, -0.1) is 16.9 Å². The summed E-state index contributed by atoms with van der Waals surface area (Å²) in [6.45, 7) is 2.76. The van der Waals surface area contributed by atoms with E-state index in [9.17, 15) is 9.59 Å². The molecule has 0 saturated heterocycles. The first-order valence-electron chi connectivity index (χ1n) is 9.93.